The Bertz CT molecular complexity index is 733. The largest absolute Gasteiger partial charge is 0.353 e. The smallest absolute Gasteiger partial charge is 0.224 e. The molecule has 0 bridgehead atoms. The van der Waals surface area contributed by atoms with E-state index in [4.69, 9.17) is 9.97 Å². The number of rotatable bonds is 6. The zero-order valence-electron chi connectivity index (χ0n) is 19.2. The zero-order valence-corrected chi connectivity index (χ0v) is 19.2. The molecule has 3 rings (SSSR count). The van der Waals surface area contributed by atoms with E-state index in [-0.39, 0.29) is 17.7 Å². The van der Waals surface area contributed by atoms with Gasteiger partial charge in [-0.1, -0.05) is 33.1 Å². The Morgan fingerprint density at radius 2 is 1.70 bits per heavy atom. The molecule has 1 aromatic rings. The first-order valence-corrected chi connectivity index (χ1v) is 11.7. The number of carbonyl (C=O) groups excluding carboxylic acids is 2. The lowest BCUT2D eigenvalue weighted by molar-refractivity contribution is -0.133. The molecule has 6 heteroatoms. The normalized spacial score (nSPS) is 20.4. The molecule has 6 nitrogen and oxygen atoms in total. The molecule has 1 atom stereocenters. The van der Waals surface area contributed by atoms with Crippen LogP contribution in [0, 0.1) is 19.8 Å². The summed E-state index contributed by atoms with van der Waals surface area (Å²) in [6, 6.07) is 0.323. The number of aryl methyl sites for hydroxylation is 2. The SMILES string of the molecule is Cc1nc([C@H]2CCCN(C(=O)CC(C)C)C2)nc(C)c1CC(=O)NC1CCCCC1. The van der Waals surface area contributed by atoms with E-state index in [0.29, 0.717) is 31.3 Å². The molecule has 166 valence electrons. The predicted octanol–water partition coefficient (Wildman–Crippen LogP) is 3.84. The van der Waals surface area contributed by atoms with Gasteiger partial charge in [0.05, 0.1) is 6.42 Å². The molecule has 2 amide bonds. The van der Waals surface area contributed by atoms with Crippen LogP contribution >= 0.6 is 0 Å². The Labute approximate surface area is 181 Å². The van der Waals surface area contributed by atoms with Crippen molar-refractivity contribution >= 4 is 11.8 Å². The van der Waals surface area contributed by atoms with E-state index in [1.807, 2.05) is 18.7 Å². The number of likely N-dealkylation sites (tertiary alicyclic amines) is 1. The van der Waals surface area contributed by atoms with Crippen molar-refractivity contribution < 1.29 is 9.59 Å². The van der Waals surface area contributed by atoms with Gasteiger partial charge in [0.1, 0.15) is 5.82 Å². The molecule has 30 heavy (non-hydrogen) atoms. The third-order valence-electron chi connectivity index (χ3n) is 6.47. The summed E-state index contributed by atoms with van der Waals surface area (Å²) in [5.41, 5.74) is 2.72. The van der Waals surface area contributed by atoms with Gasteiger partial charge in [-0.3, -0.25) is 9.59 Å². The van der Waals surface area contributed by atoms with Crippen molar-refractivity contribution in [3.05, 3.63) is 22.8 Å². The highest BCUT2D eigenvalue weighted by atomic mass is 16.2. The minimum Gasteiger partial charge on any atom is -0.353 e. The summed E-state index contributed by atoms with van der Waals surface area (Å²) in [6.07, 6.45) is 8.81. The molecule has 0 unspecified atom stereocenters. The summed E-state index contributed by atoms with van der Waals surface area (Å²) in [5, 5.41) is 3.19. The number of hydrogen-bond donors (Lipinski definition) is 1. The predicted molar refractivity (Wildman–Crippen MR) is 118 cm³/mol. The Hall–Kier alpha value is -1.98. The summed E-state index contributed by atoms with van der Waals surface area (Å²) in [4.78, 5) is 36.6. The zero-order chi connectivity index (χ0) is 21.7. The maximum Gasteiger partial charge on any atom is 0.224 e. The molecule has 0 aromatic carbocycles. The van der Waals surface area contributed by atoms with E-state index in [0.717, 1.165) is 55.0 Å². The summed E-state index contributed by atoms with van der Waals surface area (Å²) < 4.78 is 0. The van der Waals surface area contributed by atoms with Crippen molar-refractivity contribution in [1.29, 1.82) is 0 Å². The van der Waals surface area contributed by atoms with E-state index in [2.05, 4.69) is 19.2 Å². The second-order valence-electron chi connectivity index (χ2n) is 9.59. The van der Waals surface area contributed by atoms with Crippen molar-refractivity contribution in [2.24, 2.45) is 5.92 Å². The Morgan fingerprint density at radius 1 is 1.03 bits per heavy atom. The molecular formula is C24H38N4O2. The van der Waals surface area contributed by atoms with E-state index in [1.165, 1.54) is 19.3 Å². The minimum absolute atomic E-state index is 0.0765. The van der Waals surface area contributed by atoms with Crippen LogP contribution in [-0.4, -0.2) is 45.8 Å². The number of hydrogen-bond acceptors (Lipinski definition) is 4. The quantitative estimate of drug-likeness (QED) is 0.767. The van der Waals surface area contributed by atoms with Crippen molar-refractivity contribution in [2.45, 2.75) is 97.4 Å². The number of carbonyl (C=O) groups is 2. The molecule has 0 radical (unpaired) electrons. The molecular weight excluding hydrogens is 376 g/mol. The number of piperidine rings is 1. The second kappa shape index (κ2) is 10.4. The van der Waals surface area contributed by atoms with E-state index >= 15 is 0 Å². The summed E-state index contributed by atoms with van der Waals surface area (Å²) >= 11 is 0. The van der Waals surface area contributed by atoms with Gasteiger partial charge in [-0.15, -0.1) is 0 Å². The number of nitrogens with one attached hydrogen (secondary N) is 1. The standard InChI is InChI=1S/C24H38N4O2/c1-16(2)13-23(30)28-12-8-9-19(15-28)24-25-17(3)21(18(4)26-24)14-22(29)27-20-10-6-5-7-11-20/h16,19-20H,5-15H2,1-4H3,(H,27,29)/t19-/m0/s1. The van der Waals surface area contributed by atoms with Gasteiger partial charge >= 0.3 is 0 Å². The molecule has 1 saturated heterocycles. The van der Waals surface area contributed by atoms with Crippen LogP contribution in [0.25, 0.3) is 0 Å². The summed E-state index contributed by atoms with van der Waals surface area (Å²) in [6.45, 7) is 9.65. The van der Waals surface area contributed by atoms with Crippen LogP contribution < -0.4 is 5.32 Å². The van der Waals surface area contributed by atoms with Gasteiger partial charge in [-0.05, 0) is 45.4 Å². The monoisotopic (exact) mass is 414 g/mol. The average molecular weight is 415 g/mol. The van der Waals surface area contributed by atoms with Crippen molar-refractivity contribution in [3.63, 3.8) is 0 Å². The van der Waals surface area contributed by atoms with Gasteiger partial charge in [-0.2, -0.15) is 0 Å². The van der Waals surface area contributed by atoms with Crippen molar-refractivity contribution in [3.8, 4) is 0 Å². The van der Waals surface area contributed by atoms with Crippen LogP contribution in [0.2, 0.25) is 0 Å². The number of nitrogens with zero attached hydrogens (tertiary/aromatic N) is 3. The minimum atomic E-state index is 0.0765. The summed E-state index contributed by atoms with van der Waals surface area (Å²) in [5.74, 6) is 1.69. The van der Waals surface area contributed by atoms with Crippen LogP contribution in [0.1, 0.15) is 93.9 Å². The molecule has 2 aliphatic rings. The highest BCUT2D eigenvalue weighted by molar-refractivity contribution is 5.79. The van der Waals surface area contributed by atoms with Crippen LogP contribution in [0.3, 0.4) is 0 Å². The first-order valence-electron chi connectivity index (χ1n) is 11.7. The molecule has 1 aliphatic heterocycles. The third-order valence-corrected chi connectivity index (χ3v) is 6.47. The van der Waals surface area contributed by atoms with Gasteiger partial charge in [0.2, 0.25) is 11.8 Å². The van der Waals surface area contributed by atoms with E-state index < -0.39 is 0 Å². The fourth-order valence-corrected chi connectivity index (χ4v) is 4.78. The number of aromatic nitrogens is 2. The molecule has 1 N–H and O–H groups in total. The third kappa shape index (κ3) is 6.02. The lowest BCUT2D eigenvalue weighted by Gasteiger charge is -2.33. The van der Waals surface area contributed by atoms with Gasteiger partial charge in [0.15, 0.2) is 0 Å². The van der Waals surface area contributed by atoms with Gasteiger partial charge in [0.25, 0.3) is 0 Å². The first kappa shape index (κ1) is 22.7. The highest BCUT2D eigenvalue weighted by Gasteiger charge is 2.28. The molecule has 1 aliphatic carbocycles. The van der Waals surface area contributed by atoms with E-state index in [1.54, 1.807) is 0 Å². The second-order valence-corrected chi connectivity index (χ2v) is 9.59. The fraction of sp³-hybridized carbons (Fsp3) is 0.750. The number of amides is 2. The van der Waals surface area contributed by atoms with Crippen molar-refractivity contribution in [1.82, 2.24) is 20.2 Å². The Balaban J connectivity index is 1.64. The van der Waals surface area contributed by atoms with Crippen LogP contribution in [0.5, 0.6) is 0 Å². The van der Waals surface area contributed by atoms with Gasteiger partial charge in [-0.25, -0.2) is 9.97 Å². The Kier molecular flexibility index (Phi) is 7.84. The van der Waals surface area contributed by atoms with E-state index in [9.17, 15) is 9.59 Å². The molecule has 1 aromatic heterocycles. The molecule has 2 fully saturated rings. The average Bonchev–Trinajstić information content (AvgIpc) is 2.71. The molecule has 1 saturated carbocycles. The van der Waals surface area contributed by atoms with Crippen LogP contribution in [-0.2, 0) is 16.0 Å². The maximum atomic E-state index is 12.6. The molecule has 2 heterocycles. The van der Waals surface area contributed by atoms with Crippen molar-refractivity contribution in [2.75, 3.05) is 13.1 Å². The first-order chi connectivity index (χ1) is 14.3. The van der Waals surface area contributed by atoms with Gasteiger partial charge < -0.3 is 10.2 Å². The van der Waals surface area contributed by atoms with Crippen LogP contribution in [0.4, 0.5) is 0 Å². The summed E-state index contributed by atoms with van der Waals surface area (Å²) in [7, 11) is 0. The highest BCUT2D eigenvalue weighted by Crippen LogP contribution is 2.27. The fourth-order valence-electron chi connectivity index (χ4n) is 4.78. The maximum absolute atomic E-state index is 12.6. The Morgan fingerprint density at radius 3 is 2.33 bits per heavy atom. The van der Waals surface area contributed by atoms with Crippen LogP contribution in [0.15, 0.2) is 0 Å². The lowest BCUT2D eigenvalue weighted by Crippen LogP contribution is -2.40. The lowest BCUT2D eigenvalue weighted by atomic mass is 9.95. The molecule has 0 spiro atoms. The van der Waals surface area contributed by atoms with Gasteiger partial charge in [0, 0.05) is 48.4 Å². The topological polar surface area (TPSA) is 75.2 Å².